The number of aliphatic hydroxyl groups is 2. The topological polar surface area (TPSA) is 134 Å². The molecule has 2 heterocycles. The van der Waals surface area contributed by atoms with Crippen LogP contribution in [-0.4, -0.2) is 67.8 Å². The monoisotopic (exact) mass is 604 g/mol. The van der Waals surface area contributed by atoms with Gasteiger partial charge in [-0.1, -0.05) is 53.7 Å². The summed E-state index contributed by atoms with van der Waals surface area (Å²) in [5, 5.41) is 42.4. The van der Waals surface area contributed by atoms with E-state index in [2.05, 4.69) is 13.8 Å². The number of carboxylic acid groups (broad SMARTS) is 1. The highest BCUT2D eigenvalue weighted by Crippen LogP contribution is 2.48. The highest BCUT2D eigenvalue weighted by Gasteiger charge is 2.55. The number of hydrogen-bond acceptors (Lipinski definition) is 7. The Balaban J connectivity index is 1.73. The summed E-state index contributed by atoms with van der Waals surface area (Å²) in [6.45, 7) is 15.7. The summed E-state index contributed by atoms with van der Waals surface area (Å²) in [5.74, 6) is -2.45. The van der Waals surface area contributed by atoms with Gasteiger partial charge in [-0.2, -0.15) is 0 Å². The molecule has 2 saturated heterocycles. The molecule has 10 atom stereocenters. The number of carbonyl (C=O) groups is 2. The molecule has 3 rings (SSSR count). The number of benzene rings is 1. The Morgan fingerprint density at radius 3 is 2.30 bits per heavy atom. The fourth-order valence-electron chi connectivity index (χ4n) is 7.73. The van der Waals surface area contributed by atoms with E-state index in [9.17, 15) is 30.0 Å². The summed E-state index contributed by atoms with van der Waals surface area (Å²) in [7, 11) is 0. The molecule has 244 valence electrons. The Kier molecular flexibility index (Phi) is 11.9. The average molecular weight is 605 g/mol. The zero-order valence-corrected chi connectivity index (χ0v) is 27.6. The number of rotatable bonds is 14. The van der Waals surface area contributed by atoms with Crippen molar-refractivity contribution in [1.29, 1.82) is 0 Å². The van der Waals surface area contributed by atoms with Crippen molar-refractivity contribution in [2.75, 3.05) is 0 Å². The number of aromatic carboxylic acids is 1. The largest absolute Gasteiger partial charge is 0.507 e. The second kappa shape index (κ2) is 14.4. The predicted molar refractivity (Wildman–Crippen MR) is 166 cm³/mol. The molecule has 1 aromatic carbocycles. The lowest BCUT2D eigenvalue weighted by Gasteiger charge is -2.47. The highest BCUT2D eigenvalue weighted by atomic mass is 16.6. The van der Waals surface area contributed by atoms with Crippen molar-refractivity contribution in [2.24, 2.45) is 23.7 Å². The van der Waals surface area contributed by atoms with Gasteiger partial charge in [-0.05, 0) is 94.6 Å². The maximum absolute atomic E-state index is 14.1. The summed E-state index contributed by atoms with van der Waals surface area (Å²) in [4.78, 5) is 25.9. The van der Waals surface area contributed by atoms with Gasteiger partial charge in [0.2, 0.25) is 0 Å². The van der Waals surface area contributed by atoms with Crippen molar-refractivity contribution in [1.82, 2.24) is 0 Å². The van der Waals surface area contributed by atoms with Crippen molar-refractivity contribution in [3.05, 3.63) is 28.8 Å². The quantitative estimate of drug-likeness (QED) is 0.196. The number of ketones is 1. The number of aromatic hydroxyl groups is 1. The van der Waals surface area contributed by atoms with Crippen LogP contribution in [0.1, 0.15) is 121 Å². The lowest BCUT2D eigenvalue weighted by molar-refractivity contribution is -0.229. The van der Waals surface area contributed by atoms with Crippen LogP contribution in [-0.2, 0) is 20.7 Å². The standard InChI is InChI=1S/C35H56O8/c1-9-25(29(36)20(5)13-15-24-16-14-21(6)30(37)28(24)33(39)40)31(38)26(10-2)32-22(7)19-35(12-4,43-32)27-17-18-34(41,11-3)23(8)42-27/h14,16,20,22-23,25-27,29,32,36-37,41H,9-13,15,17-19H2,1-8H3,(H,39,40)/t20-,22+,23+,25+,26+,27+,29+,32+,34-,35+/m0/s1. The second-order valence-electron chi connectivity index (χ2n) is 13.5. The van der Waals surface area contributed by atoms with Crippen LogP contribution in [0.3, 0.4) is 0 Å². The first-order chi connectivity index (χ1) is 20.2. The van der Waals surface area contributed by atoms with E-state index in [0.29, 0.717) is 56.1 Å². The van der Waals surface area contributed by atoms with Crippen LogP contribution >= 0.6 is 0 Å². The smallest absolute Gasteiger partial charge is 0.339 e. The normalized spacial score (nSPS) is 32.2. The first kappa shape index (κ1) is 35.5. The van der Waals surface area contributed by atoms with Crippen LogP contribution in [0.5, 0.6) is 5.75 Å². The number of ether oxygens (including phenoxy) is 2. The fraction of sp³-hybridized carbons (Fsp3) is 0.771. The van der Waals surface area contributed by atoms with Crippen molar-refractivity contribution >= 4 is 11.8 Å². The maximum Gasteiger partial charge on any atom is 0.339 e. The summed E-state index contributed by atoms with van der Waals surface area (Å²) >= 11 is 0. The molecule has 2 aliphatic rings. The van der Waals surface area contributed by atoms with E-state index in [4.69, 9.17) is 9.47 Å². The summed E-state index contributed by atoms with van der Waals surface area (Å²) < 4.78 is 13.3. The van der Waals surface area contributed by atoms with Crippen LogP contribution in [0, 0.1) is 30.6 Å². The number of carbonyl (C=O) groups excluding carboxylic acids is 1. The van der Waals surface area contributed by atoms with Crippen molar-refractivity contribution in [2.45, 2.75) is 149 Å². The first-order valence-corrected chi connectivity index (χ1v) is 16.5. The second-order valence-corrected chi connectivity index (χ2v) is 13.5. The van der Waals surface area contributed by atoms with Gasteiger partial charge in [0, 0.05) is 11.8 Å². The van der Waals surface area contributed by atoms with E-state index in [1.807, 2.05) is 34.6 Å². The lowest BCUT2D eigenvalue weighted by atomic mass is 9.75. The number of carboxylic acids is 1. The zero-order chi connectivity index (χ0) is 32.3. The molecule has 8 heteroatoms. The molecular formula is C35H56O8. The number of aryl methyl sites for hydroxylation is 2. The molecule has 2 fully saturated rings. The highest BCUT2D eigenvalue weighted by molar-refractivity contribution is 5.93. The van der Waals surface area contributed by atoms with Gasteiger partial charge in [-0.3, -0.25) is 4.79 Å². The minimum atomic E-state index is -1.18. The molecule has 0 unspecified atom stereocenters. The van der Waals surface area contributed by atoms with Gasteiger partial charge >= 0.3 is 5.97 Å². The molecule has 0 aliphatic carbocycles. The molecule has 4 N–H and O–H groups in total. The SMILES string of the molecule is CC[C@H](C(=O)[C@H](CC)[C@H](O)[C@@H](C)CCc1ccc(C)c(O)c1C(=O)O)[C@@H]1O[C@@](CC)([C@H]2CC[C@@](O)(CC)[C@@H](C)O2)C[C@H]1C. The molecule has 0 saturated carbocycles. The Hall–Kier alpha value is -2.00. The molecule has 0 bridgehead atoms. The van der Waals surface area contributed by atoms with Gasteiger partial charge in [-0.15, -0.1) is 0 Å². The van der Waals surface area contributed by atoms with Gasteiger partial charge in [0.05, 0.1) is 35.6 Å². The molecule has 0 radical (unpaired) electrons. The van der Waals surface area contributed by atoms with Gasteiger partial charge in [0.1, 0.15) is 17.1 Å². The van der Waals surface area contributed by atoms with Crippen LogP contribution in [0.4, 0.5) is 0 Å². The van der Waals surface area contributed by atoms with E-state index in [1.165, 1.54) is 0 Å². The molecule has 2 aliphatic heterocycles. The minimum absolute atomic E-state index is 0.0191. The Bertz CT molecular complexity index is 1120. The molecule has 43 heavy (non-hydrogen) atoms. The number of aliphatic hydroxyl groups excluding tert-OH is 1. The van der Waals surface area contributed by atoms with Crippen LogP contribution < -0.4 is 0 Å². The van der Waals surface area contributed by atoms with Crippen LogP contribution in [0.15, 0.2) is 12.1 Å². The third kappa shape index (κ3) is 7.13. The van der Waals surface area contributed by atoms with E-state index in [1.54, 1.807) is 19.1 Å². The fourth-order valence-corrected chi connectivity index (χ4v) is 7.73. The maximum atomic E-state index is 14.1. The van der Waals surface area contributed by atoms with Gasteiger partial charge in [0.25, 0.3) is 0 Å². The van der Waals surface area contributed by atoms with Crippen molar-refractivity contribution in [3.8, 4) is 5.75 Å². The lowest BCUT2D eigenvalue weighted by Crippen LogP contribution is -2.55. The third-order valence-electron chi connectivity index (χ3n) is 10.9. The molecule has 8 nitrogen and oxygen atoms in total. The third-order valence-corrected chi connectivity index (χ3v) is 10.9. The van der Waals surface area contributed by atoms with Crippen LogP contribution in [0.25, 0.3) is 0 Å². The summed E-state index contributed by atoms with van der Waals surface area (Å²) in [6.07, 6.45) is 3.87. The van der Waals surface area contributed by atoms with Gasteiger partial charge < -0.3 is 29.9 Å². The Labute approximate surface area is 258 Å². The molecule has 0 aromatic heterocycles. The number of phenols is 1. The molecule has 1 aromatic rings. The molecular weight excluding hydrogens is 548 g/mol. The first-order valence-electron chi connectivity index (χ1n) is 16.5. The summed E-state index contributed by atoms with van der Waals surface area (Å²) in [5.41, 5.74) is -0.429. The van der Waals surface area contributed by atoms with Crippen LogP contribution in [0.2, 0.25) is 0 Å². The van der Waals surface area contributed by atoms with E-state index in [0.717, 1.165) is 12.8 Å². The molecule has 0 spiro atoms. The van der Waals surface area contributed by atoms with Crippen molar-refractivity contribution < 1.29 is 39.5 Å². The number of hydrogen-bond donors (Lipinski definition) is 4. The van der Waals surface area contributed by atoms with E-state index in [-0.39, 0.29) is 53.2 Å². The number of Topliss-reactive ketones (excluding diaryl/α,β-unsaturated/α-hetero) is 1. The van der Waals surface area contributed by atoms with E-state index < -0.39 is 29.2 Å². The molecule has 0 amide bonds. The Morgan fingerprint density at radius 2 is 1.77 bits per heavy atom. The Morgan fingerprint density at radius 1 is 1.09 bits per heavy atom. The zero-order valence-electron chi connectivity index (χ0n) is 27.6. The van der Waals surface area contributed by atoms with Gasteiger partial charge in [0.15, 0.2) is 0 Å². The van der Waals surface area contributed by atoms with E-state index >= 15 is 0 Å². The minimum Gasteiger partial charge on any atom is -0.507 e. The summed E-state index contributed by atoms with van der Waals surface area (Å²) in [6, 6.07) is 3.41. The van der Waals surface area contributed by atoms with Crippen molar-refractivity contribution in [3.63, 3.8) is 0 Å². The average Bonchev–Trinajstić information content (AvgIpc) is 3.32. The predicted octanol–water partition coefficient (Wildman–Crippen LogP) is 6.23. The van der Waals surface area contributed by atoms with Gasteiger partial charge in [-0.25, -0.2) is 4.79 Å².